The molecule has 1 amide bonds. The van der Waals surface area contributed by atoms with Gasteiger partial charge in [0.2, 0.25) is 5.91 Å². The summed E-state index contributed by atoms with van der Waals surface area (Å²) >= 11 is 6.23. The van der Waals surface area contributed by atoms with Gasteiger partial charge in [0.1, 0.15) is 12.3 Å². The number of piperidine rings is 1. The summed E-state index contributed by atoms with van der Waals surface area (Å²) in [7, 11) is -2.49. The van der Waals surface area contributed by atoms with Crippen LogP contribution in [-0.2, 0) is 14.8 Å². The molecule has 0 atom stereocenters. The lowest BCUT2D eigenvalue weighted by molar-refractivity contribution is -0.119. The number of likely N-dealkylation sites (tertiary alicyclic amines) is 1. The second-order valence-electron chi connectivity index (χ2n) is 7.75. The maximum absolute atomic E-state index is 13.3. The van der Waals surface area contributed by atoms with Gasteiger partial charge in [0.05, 0.1) is 22.7 Å². The van der Waals surface area contributed by atoms with E-state index in [2.05, 4.69) is 10.2 Å². The van der Waals surface area contributed by atoms with Gasteiger partial charge < -0.3 is 15.0 Å². The first kappa shape index (κ1) is 24.4. The summed E-state index contributed by atoms with van der Waals surface area (Å²) in [6.45, 7) is 3.30. The minimum absolute atomic E-state index is 0.102. The molecule has 32 heavy (non-hydrogen) atoms. The van der Waals surface area contributed by atoms with Crippen LogP contribution in [-0.4, -0.2) is 59.1 Å². The highest BCUT2D eigenvalue weighted by Crippen LogP contribution is 2.31. The van der Waals surface area contributed by atoms with Crippen LogP contribution in [0.15, 0.2) is 53.4 Å². The van der Waals surface area contributed by atoms with Gasteiger partial charge in [-0.3, -0.25) is 9.10 Å². The summed E-state index contributed by atoms with van der Waals surface area (Å²) in [6.07, 6.45) is 4.56. The van der Waals surface area contributed by atoms with Crippen LogP contribution < -0.4 is 14.4 Å². The van der Waals surface area contributed by atoms with Crippen molar-refractivity contribution in [2.75, 3.05) is 44.1 Å². The predicted octanol–water partition coefficient (Wildman–Crippen LogP) is 3.54. The number of halogens is 1. The van der Waals surface area contributed by atoms with Crippen molar-refractivity contribution in [2.45, 2.75) is 30.6 Å². The third-order valence-corrected chi connectivity index (χ3v) is 7.55. The van der Waals surface area contributed by atoms with E-state index in [1.807, 2.05) is 0 Å². The number of carbonyl (C=O) groups is 1. The number of benzene rings is 2. The Morgan fingerprint density at radius 1 is 1.12 bits per heavy atom. The quantitative estimate of drug-likeness (QED) is 0.527. The number of rotatable bonds is 10. The highest BCUT2D eigenvalue weighted by Gasteiger charge is 2.27. The molecule has 0 saturated carbocycles. The van der Waals surface area contributed by atoms with E-state index in [-0.39, 0.29) is 22.4 Å². The van der Waals surface area contributed by atoms with Crippen molar-refractivity contribution >= 4 is 33.2 Å². The van der Waals surface area contributed by atoms with E-state index >= 15 is 0 Å². The minimum atomic E-state index is -3.97. The SMILES string of the molecule is COc1ccc(N(CC(=O)NCCCN2CCCCC2)S(=O)(=O)c2ccccc2)cc1Cl. The standard InChI is InChI=1S/C23H30ClN3O4S/c1-31-22-12-11-19(17-21(22)24)27(32(29,30)20-9-4-2-5-10-20)18-23(28)25-13-8-16-26-14-6-3-7-15-26/h2,4-5,9-12,17H,3,6-8,13-16,18H2,1H3,(H,25,28). The van der Waals surface area contributed by atoms with Gasteiger partial charge in [-0.2, -0.15) is 0 Å². The van der Waals surface area contributed by atoms with Crippen LogP contribution in [0, 0.1) is 0 Å². The molecule has 0 aliphatic carbocycles. The lowest BCUT2D eigenvalue weighted by atomic mass is 10.1. The van der Waals surface area contributed by atoms with Crippen molar-refractivity contribution in [3.8, 4) is 5.75 Å². The van der Waals surface area contributed by atoms with Gasteiger partial charge in [0.25, 0.3) is 10.0 Å². The maximum Gasteiger partial charge on any atom is 0.264 e. The number of ether oxygens (including phenoxy) is 1. The molecule has 1 saturated heterocycles. The molecule has 2 aromatic carbocycles. The monoisotopic (exact) mass is 479 g/mol. The van der Waals surface area contributed by atoms with E-state index in [1.54, 1.807) is 30.3 Å². The lowest BCUT2D eigenvalue weighted by Gasteiger charge is -2.26. The van der Waals surface area contributed by atoms with Gasteiger partial charge in [0.15, 0.2) is 0 Å². The molecule has 174 valence electrons. The summed E-state index contributed by atoms with van der Waals surface area (Å²) in [5.41, 5.74) is 0.295. The molecule has 1 aliphatic heterocycles. The number of hydrogen-bond acceptors (Lipinski definition) is 5. The zero-order valence-corrected chi connectivity index (χ0v) is 19.9. The average molecular weight is 480 g/mol. The normalized spacial score (nSPS) is 14.7. The Morgan fingerprint density at radius 2 is 1.84 bits per heavy atom. The van der Waals surface area contributed by atoms with E-state index < -0.39 is 10.0 Å². The fourth-order valence-electron chi connectivity index (χ4n) is 3.74. The Morgan fingerprint density at radius 3 is 2.50 bits per heavy atom. The Hall–Kier alpha value is -2.29. The van der Waals surface area contributed by atoms with E-state index in [1.165, 1.54) is 44.6 Å². The Balaban J connectivity index is 1.71. The zero-order chi connectivity index (χ0) is 23.0. The molecule has 2 aromatic rings. The van der Waals surface area contributed by atoms with Crippen LogP contribution >= 0.6 is 11.6 Å². The second kappa shape index (κ2) is 11.5. The Labute approximate surface area is 195 Å². The zero-order valence-electron chi connectivity index (χ0n) is 18.3. The molecule has 1 N–H and O–H groups in total. The van der Waals surface area contributed by atoms with Crippen LogP contribution in [0.5, 0.6) is 5.75 Å². The third-order valence-electron chi connectivity index (χ3n) is 5.46. The van der Waals surface area contributed by atoms with Crippen molar-refractivity contribution in [1.29, 1.82) is 0 Å². The third kappa shape index (κ3) is 6.37. The van der Waals surface area contributed by atoms with Crippen molar-refractivity contribution < 1.29 is 17.9 Å². The van der Waals surface area contributed by atoms with Crippen LogP contribution in [0.2, 0.25) is 5.02 Å². The number of sulfonamides is 1. The van der Waals surface area contributed by atoms with E-state index in [0.717, 1.165) is 30.4 Å². The van der Waals surface area contributed by atoms with Crippen LogP contribution in [0.3, 0.4) is 0 Å². The van der Waals surface area contributed by atoms with Gasteiger partial charge in [-0.1, -0.05) is 36.2 Å². The number of anilines is 1. The first-order chi connectivity index (χ1) is 15.4. The minimum Gasteiger partial charge on any atom is -0.495 e. The summed E-state index contributed by atoms with van der Waals surface area (Å²) in [5.74, 6) is 0.0599. The topological polar surface area (TPSA) is 79.0 Å². The number of methoxy groups -OCH3 is 1. The second-order valence-corrected chi connectivity index (χ2v) is 10.0. The number of nitrogens with zero attached hydrogens (tertiary/aromatic N) is 2. The molecule has 0 aromatic heterocycles. The number of amides is 1. The van der Waals surface area contributed by atoms with Crippen molar-refractivity contribution in [3.63, 3.8) is 0 Å². The smallest absolute Gasteiger partial charge is 0.264 e. The van der Waals surface area contributed by atoms with Gasteiger partial charge in [-0.15, -0.1) is 0 Å². The Bertz CT molecular complexity index is 996. The number of carbonyl (C=O) groups excluding carboxylic acids is 1. The van der Waals surface area contributed by atoms with E-state index in [9.17, 15) is 13.2 Å². The largest absolute Gasteiger partial charge is 0.495 e. The molecular formula is C23H30ClN3O4S. The molecule has 7 nitrogen and oxygen atoms in total. The highest BCUT2D eigenvalue weighted by atomic mass is 35.5. The lowest BCUT2D eigenvalue weighted by Crippen LogP contribution is -2.41. The molecule has 9 heteroatoms. The molecule has 0 radical (unpaired) electrons. The number of hydrogen-bond donors (Lipinski definition) is 1. The molecule has 0 bridgehead atoms. The fourth-order valence-corrected chi connectivity index (χ4v) is 5.43. The molecular weight excluding hydrogens is 450 g/mol. The summed E-state index contributed by atoms with van der Waals surface area (Å²) in [4.78, 5) is 15.2. The molecule has 1 fully saturated rings. The average Bonchev–Trinajstić information content (AvgIpc) is 2.81. The van der Waals surface area contributed by atoms with Crippen LogP contribution in [0.4, 0.5) is 5.69 Å². The van der Waals surface area contributed by atoms with Crippen molar-refractivity contribution in [3.05, 3.63) is 53.6 Å². The molecule has 0 unspecified atom stereocenters. The molecule has 1 aliphatic rings. The fraction of sp³-hybridized carbons (Fsp3) is 0.435. The van der Waals surface area contributed by atoms with Gasteiger partial charge in [-0.05, 0) is 69.2 Å². The first-order valence-corrected chi connectivity index (χ1v) is 12.6. The predicted molar refractivity (Wildman–Crippen MR) is 127 cm³/mol. The molecule has 0 spiro atoms. The van der Waals surface area contributed by atoms with Gasteiger partial charge in [0, 0.05) is 6.54 Å². The van der Waals surface area contributed by atoms with Gasteiger partial charge >= 0.3 is 0 Å². The van der Waals surface area contributed by atoms with E-state index in [0.29, 0.717) is 18.0 Å². The van der Waals surface area contributed by atoms with Crippen LogP contribution in [0.25, 0.3) is 0 Å². The van der Waals surface area contributed by atoms with E-state index in [4.69, 9.17) is 16.3 Å². The first-order valence-electron chi connectivity index (χ1n) is 10.8. The maximum atomic E-state index is 13.3. The summed E-state index contributed by atoms with van der Waals surface area (Å²) in [6, 6.07) is 12.7. The van der Waals surface area contributed by atoms with Crippen molar-refractivity contribution in [1.82, 2.24) is 10.2 Å². The molecule has 3 rings (SSSR count). The Kier molecular flexibility index (Phi) is 8.78. The van der Waals surface area contributed by atoms with Gasteiger partial charge in [-0.25, -0.2) is 8.42 Å². The van der Waals surface area contributed by atoms with Crippen LogP contribution in [0.1, 0.15) is 25.7 Å². The summed E-state index contributed by atoms with van der Waals surface area (Å²) in [5, 5.41) is 3.12. The summed E-state index contributed by atoms with van der Waals surface area (Å²) < 4.78 is 32.9. The number of nitrogens with one attached hydrogen (secondary N) is 1. The van der Waals surface area contributed by atoms with Crippen molar-refractivity contribution in [2.24, 2.45) is 0 Å². The molecule has 1 heterocycles. The highest BCUT2D eigenvalue weighted by molar-refractivity contribution is 7.92.